The van der Waals surface area contributed by atoms with E-state index >= 15 is 0 Å². The third kappa shape index (κ3) is 3.06. The third-order valence-corrected chi connectivity index (χ3v) is 3.72. The third-order valence-electron chi connectivity index (χ3n) is 3.72. The molecule has 3 unspecified atom stereocenters. The summed E-state index contributed by atoms with van der Waals surface area (Å²) in [5.41, 5.74) is 0. The minimum atomic E-state index is -0.899. The number of ether oxygens (including phenoxy) is 2. The molecule has 1 amide bonds. The van der Waals surface area contributed by atoms with Gasteiger partial charge in [-0.05, 0) is 19.3 Å². The van der Waals surface area contributed by atoms with Crippen LogP contribution in [0.4, 0.5) is 0 Å². The van der Waals surface area contributed by atoms with Gasteiger partial charge in [0.25, 0.3) is 5.91 Å². The fraction of sp³-hybridized carbons (Fsp3) is 0.846. The van der Waals surface area contributed by atoms with Gasteiger partial charge in [-0.15, -0.1) is 0 Å². The molecular formula is C13H21NO5. The Labute approximate surface area is 112 Å². The molecule has 3 atom stereocenters. The van der Waals surface area contributed by atoms with Gasteiger partial charge in [-0.3, -0.25) is 9.59 Å². The minimum absolute atomic E-state index is 0.0823. The van der Waals surface area contributed by atoms with E-state index in [2.05, 4.69) is 0 Å². The van der Waals surface area contributed by atoms with E-state index in [9.17, 15) is 14.7 Å². The summed E-state index contributed by atoms with van der Waals surface area (Å²) >= 11 is 0. The zero-order chi connectivity index (χ0) is 13.8. The van der Waals surface area contributed by atoms with Crippen molar-refractivity contribution < 1.29 is 24.2 Å². The smallest absolute Gasteiger partial charge is 0.311 e. The van der Waals surface area contributed by atoms with E-state index in [4.69, 9.17) is 9.47 Å². The number of carboxylic acid groups (broad SMARTS) is 1. The molecule has 0 spiro atoms. The average Bonchev–Trinajstić information content (AvgIpc) is 3.05. The molecule has 6 nitrogen and oxygen atoms in total. The van der Waals surface area contributed by atoms with Crippen LogP contribution < -0.4 is 0 Å². The molecule has 0 aliphatic carbocycles. The molecule has 0 aromatic heterocycles. The number of nitrogens with zero attached hydrogens (tertiary/aromatic N) is 1. The standard InChI is InChI=1S/C13H21NO5/c1-2-5-14(12(15)11-4-3-6-19-11)10-8-18-7-9(10)13(16)17/h9-11H,2-8H2,1H3,(H,16,17). The Kier molecular flexibility index (Phi) is 4.76. The van der Waals surface area contributed by atoms with Crippen LogP contribution in [0.5, 0.6) is 0 Å². The predicted molar refractivity (Wildman–Crippen MR) is 66.7 cm³/mol. The van der Waals surface area contributed by atoms with Crippen molar-refractivity contribution in [3.8, 4) is 0 Å². The molecule has 0 bridgehead atoms. The van der Waals surface area contributed by atoms with Gasteiger partial charge in [-0.2, -0.15) is 0 Å². The lowest BCUT2D eigenvalue weighted by Gasteiger charge is -2.32. The molecule has 2 aliphatic heterocycles. The number of carboxylic acids is 1. The van der Waals surface area contributed by atoms with Gasteiger partial charge in [0, 0.05) is 13.2 Å². The van der Waals surface area contributed by atoms with Gasteiger partial charge < -0.3 is 19.5 Å². The maximum Gasteiger partial charge on any atom is 0.311 e. The van der Waals surface area contributed by atoms with Crippen LogP contribution >= 0.6 is 0 Å². The molecule has 2 heterocycles. The van der Waals surface area contributed by atoms with E-state index in [-0.39, 0.29) is 18.6 Å². The lowest BCUT2D eigenvalue weighted by atomic mass is 10.0. The van der Waals surface area contributed by atoms with Crippen LogP contribution in [0.3, 0.4) is 0 Å². The Morgan fingerprint density at radius 2 is 2.16 bits per heavy atom. The van der Waals surface area contributed by atoms with Crippen molar-refractivity contribution in [2.45, 2.75) is 38.3 Å². The molecule has 0 aromatic carbocycles. The molecule has 0 aromatic rings. The van der Waals surface area contributed by atoms with Crippen molar-refractivity contribution in [2.24, 2.45) is 5.92 Å². The monoisotopic (exact) mass is 271 g/mol. The molecule has 108 valence electrons. The average molecular weight is 271 g/mol. The highest BCUT2D eigenvalue weighted by Gasteiger charge is 2.41. The van der Waals surface area contributed by atoms with E-state index < -0.39 is 18.0 Å². The number of aliphatic carboxylic acids is 1. The summed E-state index contributed by atoms with van der Waals surface area (Å²) in [6.45, 7) is 3.62. The van der Waals surface area contributed by atoms with Crippen LogP contribution in [-0.2, 0) is 19.1 Å². The molecule has 2 aliphatic rings. The van der Waals surface area contributed by atoms with E-state index in [1.54, 1.807) is 4.90 Å². The summed E-state index contributed by atoms with van der Waals surface area (Å²) in [6, 6.07) is -0.367. The molecule has 6 heteroatoms. The van der Waals surface area contributed by atoms with Crippen molar-refractivity contribution >= 4 is 11.9 Å². The number of amides is 1. The first-order valence-electron chi connectivity index (χ1n) is 6.87. The highest BCUT2D eigenvalue weighted by molar-refractivity contribution is 5.82. The fourth-order valence-corrected chi connectivity index (χ4v) is 2.72. The van der Waals surface area contributed by atoms with Gasteiger partial charge in [0.15, 0.2) is 0 Å². The predicted octanol–water partition coefficient (Wildman–Crippen LogP) is 0.504. The molecule has 2 fully saturated rings. The Balaban J connectivity index is 2.09. The van der Waals surface area contributed by atoms with Gasteiger partial charge in [-0.25, -0.2) is 0 Å². The van der Waals surface area contributed by atoms with Gasteiger partial charge in [0.2, 0.25) is 0 Å². The first kappa shape index (κ1) is 14.3. The lowest BCUT2D eigenvalue weighted by molar-refractivity contribution is -0.148. The summed E-state index contributed by atoms with van der Waals surface area (Å²) in [5.74, 6) is -1.61. The van der Waals surface area contributed by atoms with Crippen LogP contribution in [0.25, 0.3) is 0 Å². The second-order valence-electron chi connectivity index (χ2n) is 5.08. The summed E-state index contributed by atoms with van der Waals surface area (Å²) < 4.78 is 10.7. The number of rotatable bonds is 5. The number of hydrogen-bond donors (Lipinski definition) is 1. The second-order valence-corrected chi connectivity index (χ2v) is 5.08. The lowest BCUT2D eigenvalue weighted by Crippen LogP contribution is -2.50. The van der Waals surface area contributed by atoms with Crippen molar-refractivity contribution in [1.29, 1.82) is 0 Å². The van der Waals surface area contributed by atoms with Crippen LogP contribution in [0.1, 0.15) is 26.2 Å². The summed E-state index contributed by atoms with van der Waals surface area (Å²) in [6.07, 6.45) is 2.01. The Bertz CT molecular complexity index is 340. The van der Waals surface area contributed by atoms with Crippen LogP contribution in [-0.4, -0.2) is 60.4 Å². The SMILES string of the molecule is CCCN(C(=O)C1CCCO1)C1COCC1C(=O)O. The zero-order valence-corrected chi connectivity index (χ0v) is 11.2. The topological polar surface area (TPSA) is 76.1 Å². The van der Waals surface area contributed by atoms with Gasteiger partial charge in [-0.1, -0.05) is 6.92 Å². The summed E-state index contributed by atoms with van der Waals surface area (Å²) in [4.78, 5) is 25.3. The second kappa shape index (κ2) is 6.34. The highest BCUT2D eigenvalue weighted by atomic mass is 16.5. The van der Waals surface area contributed by atoms with Crippen molar-refractivity contribution in [3.63, 3.8) is 0 Å². The van der Waals surface area contributed by atoms with E-state index in [1.165, 1.54) is 0 Å². The first-order valence-corrected chi connectivity index (χ1v) is 6.87. The molecule has 0 radical (unpaired) electrons. The molecule has 19 heavy (non-hydrogen) atoms. The number of carbonyl (C=O) groups is 2. The van der Waals surface area contributed by atoms with Crippen molar-refractivity contribution in [1.82, 2.24) is 4.90 Å². The van der Waals surface area contributed by atoms with Crippen LogP contribution in [0.15, 0.2) is 0 Å². The minimum Gasteiger partial charge on any atom is -0.481 e. The largest absolute Gasteiger partial charge is 0.481 e. The number of hydrogen-bond acceptors (Lipinski definition) is 4. The maximum atomic E-state index is 12.4. The maximum absolute atomic E-state index is 12.4. The Hall–Kier alpha value is -1.14. The van der Waals surface area contributed by atoms with E-state index in [0.29, 0.717) is 19.8 Å². The highest BCUT2D eigenvalue weighted by Crippen LogP contribution is 2.24. The summed E-state index contributed by atoms with van der Waals surface area (Å²) in [5, 5.41) is 9.20. The quantitative estimate of drug-likeness (QED) is 0.788. The summed E-state index contributed by atoms with van der Waals surface area (Å²) in [7, 11) is 0. The normalized spacial score (nSPS) is 30.5. The Morgan fingerprint density at radius 3 is 2.74 bits per heavy atom. The van der Waals surface area contributed by atoms with Crippen molar-refractivity contribution in [2.75, 3.05) is 26.4 Å². The van der Waals surface area contributed by atoms with Crippen LogP contribution in [0.2, 0.25) is 0 Å². The molecule has 0 saturated carbocycles. The molecule has 2 saturated heterocycles. The zero-order valence-electron chi connectivity index (χ0n) is 11.2. The van der Waals surface area contributed by atoms with Crippen LogP contribution in [0, 0.1) is 5.92 Å². The van der Waals surface area contributed by atoms with Gasteiger partial charge in [0.05, 0.1) is 19.3 Å². The molecule has 1 N–H and O–H groups in total. The van der Waals surface area contributed by atoms with Crippen molar-refractivity contribution in [3.05, 3.63) is 0 Å². The van der Waals surface area contributed by atoms with Gasteiger partial charge in [0.1, 0.15) is 12.0 Å². The molecule has 2 rings (SSSR count). The first-order chi connectivity index (χ1) is 9.15. The fourth-order valence-electron chi connectivity index (χ4n) is 2.72. The van der Waals surface area contributed by atoms with E-state index in [0.717, 1.165) is 19.3 Å². The van der Waals surface area contributed by atoms with Gasteiger partial charge >= 0.3 is 5.97 Å². The molecular weight excluding hydrogens is 250 g/mol. The number of carbonyl (C=O) groups excluding carboxylic acids is 1. The Morgan fingerprint density at radius 1 is 1.37 bits per heavy atom. The van der Waals surface area contributed by atoms with E-state index in [1.807, 2.05) is 6.92 Å².